The van der Waals surface area contributed by atoms with Crippen LogP contribution in [0.25, 0.3) is 0 Å². The van der Waals surface area contributed by atoms with Crippen molar-refractivity contribution in [2.75, 3.05) is 11.9 Å². The Morgan fingerprint density at radius 3 is 2.52 bits per heavy atom. The third-order valence-corrected chi connectivity index (χ3v) is 3.18. The second-order valence-electron chi connectivity index (χ2n) is 5.00. The zero-order valence-corrected chi connectivity index (χ0v) is 12.6. The van der Waals surface area contributed by atoms with Crippen molar-refractivity contribution in [2.24, 2.45) is 0 Å². The molecular weight excluding hydrogens is 290 g/mol. The predicted octanol–water partition coefficient (Wildman–Crippen LogP) is 2.25. The van der Waals surface area contributed by atoms with Gasteiger partial charge in [-0.25, -0.2) is 0 Å². The zero-order valence-electron chi connectivity index (χ0n) is 12.6. The maximum Gasteiger partial charge on any atom is 0.233 e. The lowest BCUT2D eigenvalue weighted by atomic mass is 10.1. The third kappa shape index (κ3) is 5.64. The molecule has 23 heavy (non-hydrogen) atoms. The lowest BCUT2D eigenvalue weighted by Gasteiger charge is -2.07. The normalized spacial score (nSPS) is 9.70. The molecule has 2 N–H and O–H groups in total. The molecule has 0 aliphatic carbocycles. The van der Waals surface area contributed by atoms with Gasteiger partial charge in [-0.2, -0.15) is 5.26 Å². The van der Waals surface area contributed by atoms with Gasteiger partial charge in [0.15, 0.2) is 0 Å². The molecule has 0 unspecified atom stereocenters. The molecule has 0 spiro atoms. The first-order valence-corrected chi connectivity index (χ1v) is 7.28. The van der Waals surface area contributed by atoms with E-state index in [2.05, 4.69) is 10.6 Å². The maximum atomic E-state index is 11.8. The highest BCUT2D eigenvalue weighted by atomic mass is 16.2. The molecule has 0 aromatic heterocycles. The lowest BCUT2D eigenvalue weighted by molar-refractivity contribution is -0.126. The van der Waals surface area contributed by atoms with Gasteiger partial charge in [-0.05, 0) is 30.2 Å². The van der Waals surface area contributed by atoms with Crippen molar-refractivity contribution in [1.29, 1.82) is 5.26 Å². The summed E-state index contributed by atoms with van der Waals surface area (Å²) in [5, 5.41) is 14.1. The standard InChI is InChI=1S/C18H17N3O2/c19-13-15-7-4-8-16(11-15)21-18(23)12-17(22)20-10-9-14-5-2-1-3-6-14/h1-8,11H,9-10,12H2,(H,20,22)(H,21,23). The molecule has 0 fully saturated rings. The van der Waals surface area contributed by atoms with Crippen LogP contribution in [0.3, 0.4) is 0 Å². The highest BCUT2D eigenvalue weighted by Gasteiger charge is 2.09. The summed E-state index contributed by atoms with van der Waals surface area (Å²) >= 11 is 0. The van der Waals surface area contributed by atoms with Gasteiger partial charge in [0.2, 0.25) is 11.8 Å². The predicted molar refractivity (Wildman–Crippen MR) is 87.6 cm³/mol. The molecule has 0 saturated carbocycles. The van der Waals surface area contributed by atoms with Crippen LogP contribution in [-0.2, 0) is 16.0 Å². The van der Waals surface area contributed by atoms with Crippen molar-refractivity contribution in [1.82, 2.24) is 5.32 Å². The number of anilines is 1. The van der Waals surface area contributed by atoms with Crippen molar-refractivity contribution < 1.29 is 9.59 Å². The van der Waals surface area contributed by atoms with Gasteiger partial charge < -0.3 is 10.6 Å². The van der Waals surface area contributed by atoms with Gasteiger partial charge in [0, 0.05) is 12.2 Å². The number of amides is 2. The average molecular weight is 307 g/mol. The molecule has 5 nitrogen and oxygen atoms in total. The van der Waals surface area contributed by atoms with E-state index in [1.807, 2.05) is 36.4 Å². The Morgan fingerprint density at radius 1 is 1.00 bits per heavy atom. The van der Waals surface area contributed by atoms with E-state index in [4.69, 9.17) is 5.26 Å². The molecule has 5 heteroatoms. The van der Waals surface area contributed by atoms with Crippen molar-refractivity contribution in [3.63, 3.8) is 0 Å². The fourth-order valence-corrected chi connectivity index (χ4v) is 2.07. The number of nitrogens with one attached hydrogen (secondary N) is 2. The molecule has 0 aliphatic heterocycles. The Bertz CT molecular complexity index is 721. The van der Waals surface area contributed by atoms with Crippen molar-refractivity contribution in [3.05, 3.63) is 65.7 Å². The Balaban J connectivity index is 1.74. The van der Waals surface area contributed by atoms with Crippen LogP contribution in [0.1, 0.15) is 17.5 Å². The van der Waals surface area contributed by atoms with Gasteiger partial charge in [0.25, 0.3) is 0 Å². The monoisotopic (exact) mass is 307 g/mol. The molecule has 0 saturated heterocycles. The number of nitriles is 1. The number of rotatable bonds is 6. The summed E-state index contributed by atoms with van der Waals surface area (Å²) in [5.41, 5.74) is 2.09. The Kier molecular flexibility index (Phi) is 5.89. The Labute approximate surface area is 134 Å². The molecule has 2 aromatic carbocycles. The van der Waals surface area contributed by atoms with E-state index in [0.29, 0.717) is 17.8 Å². The van der Waals surface area contributed by atoms with Gasteiger partial charge in [0.1, 0.15) is 6.42 Å². The van der Waals surface area contributed by atoms with Crippen LogP contribution in [0.5, 0.6) is 0 Å². The van der Waals surface area contributed by atoms with Gasteiger partial charge in [-0.1, -0.05) is 36.4 Å². The summed E-state index contributed by atoms with van der Waals surface area (Å²) in [6.07, 6.45) is 0.476. The van der Waals surface area contributed by atoms with E-state index in [1.54, 1.807) is 24.3 Å². The summed E-state index contributed by atoms with van der Waals surface area (Å²) in [6, 6.07) is 18.3. The summed E-state index contributed by atoms with van der Waals surface area (Å²) in [4.78, 5) is 23.5. The number of carbonyl (C=O) groups is 2. The molecule has 2 amide bonds. The van der Waals surface area contributed by atoms with E-state index < -0.39 is 5.91 Å². The molecule has 2 aromatic rings. The van der Waals surface area contributed by atoms with Gasteiger partial charge in [0.05, 0.1) is 11.6 Å². The quantitative estimate of drug-likeness (QED) is 0.803. The van der Waals surface area contributed by atoms with E-state index in [9.17, 15) is 9.59 Å². The minimum atomic E-state index is -0.405. The van der Waals surface area contributed by atoms with E-state index in [-0.39, 0.29) is 12.3 Å². The van der Waals surface area contributed by atoms with E-state index in [0.717, 1.165) is 12.0 Å². The smallest absolute Gasteiger partial charge is 0.233 e. The summed E-state index contributed by atoms with van der Waals surface area (Å²) in [7, 11) is 0. The third-order valence-electron chi connectivity index (χ3n) is 3.18. The number of carbonyl (C=O) groups excluding carboxylic acids is 2. The minimum Gasteiger partial charge on any atom is -0.355 e. The lowest BCUT2D eigenvalue weighted by Crippen LogP contribution is -2.29. The van der Waals surface area contributed by atoms with Crippen LogP contribution in [0, 0.1) is 11.3 Å². The van der Waals surface area contributed by atoms with Crippen LogP contribution in [0.2, 0.25) is 0 Å². The largest absolute Gasteiger partial charge is 0.355 e. The molecule has 116 valence electrons. The first kappa shape index (κ1) is 16.2. The van der Waals surface area contributed by atoms with E-state index >= 15 is 0 Å². The highest BCUT2D eigenvalue weighted by Crippen LogP contribution is 2.09. The van der Waals surface area contributed by atoms with Gasteiger partial charge >= 0.3 is 0 Å². The molecule has 2 rings (SSSR count). The highest BCUT2D eigenvalue weighted by molar-refractivity contribution is 6.03. The Hall–Kier alpha value is -3.13. The van der Waals surface area contributed by atoms with Crippen LogP contribution in [0.4, 0.5) is 5.69 Å². The van der Waals surface area contributed by atoms with Gasteiger partial charge in [-0.3, -0.25) is 9.59 Å². The number of hydrogen-bond donors (Lipinski definition) is 2. The van der Waals surface area contributed by atoms with E-state index in [1.165, 1.54) is 0 Å². The fourth-order valence-electron chi connectivity index (χ4n) is 2.07. The molecular formula is C18H17N3O2. The molecule has 0 atom stereocenters. The topological polar surface area (TPSA) is 82.0 Å². The molecule has 0 bridgehead atoms. The number of hydrogen-bond acceptors (Lipinski definition) is 3. The van der Waals surface area contributed by atoms with Crippen molar-refractivity contribution in [2.45, 2.75) is 12.8 Å². The van der Waals surface area contributed by atoms with Gasteiger partial charge in [-0.15, -0.1) is 0 Å². The first-order valence-electron chi connectivity index (χ1n) is 7.28. The Morgan fingerprint density at radius 2 is 1.78 bits per heavy atom. The zero-order chi connectivity index (χ0) is 16.5. The molecule has 0 radical (unpaired) electrons. The number of nitrogens with zero attached hydrogens (tertiary/aromatic N) is 1. The second kappa shape index (κ2) is 8.35. The molecule has 0 heterocycles. The summed E-state index contributed by atoms with van der Waals surface area (Å²) < 4.78 is 0. The van der Waals surface area contributed by atoms with Crippen molar-refractivity contribution >= 4 is 17.5 Å². The average Bonchev–Trinajstić information content (AvgIpc) is 2.56. The SMILES string of the molecule is N#Cc1cccc(NC(=O)CC(=O)NCCc2ccccc2)c1. The minimum absolute atomic E-state index is 0.244. The summed E-state index contributed by atoms with van der Waals surface area (Å²) in [6.45, 7) is 0.486. The van der Waals surface area contributed by atoms with Crippen LogP contribution in [0.15, 0.2) is 54.6 Å². The van der Waals surface area contributed by atoms with Crippen LogP contribution >= 0.6 is 0 Å². The number of benzene rings is 2. The first-order chi connectivity index (χ1) is 11.2. The van der Waals surface area contributed by atoms with Crippen molar-refractivity contribution in [3.8, 4) is 6.07 Å². The fraction of sp³-hybridized carbons (Fsp3) is 0.167. The molecule has 0 aliphatic rings. The maximum absolute atomic E-state index is 11.8. The second-order valence-corrected chi connectivity index (χ2v) is 5.00. The van der Waals surface area contributed by atoms with Crippen LogP contribution in [-0.4, -0.2) is 18.4 Å². The summed E-state index contributed by atoms with van der Waals surface area (Å²) in [5.74, 6) is -0.729. The van der Waals surface area contributed by atoms with Crippen LogP contribution < -0.4 is 10.6 Å².